The molecule has 0 bridgehead atoms. The second-order valence-corrected chi connectivity index (χ2v) is 7.77. The molecule has 1 saturated heterocycles. The van der Waals surface area contributed by atoms with Gasteiger partial charge in [-0.05, 0) is 61.0 Å². The van der Waals surface area contributed by atoms with Gasteiger partial charge >= 0.3 is 0 Å². The minimum atomic E-state index is -0.549. The molecule has 0 N–H and O–H groups in total. The van der Waals surface area contributed by atoms with Crippen LogP contribution in [-0.2, 0) is 11.3 Å². The summed E-state index contributed by atoms with van der Waals surface area (Å²) in [7, 11) is 0. The Hall–Kier alpha value is -2.31. The summed E-state index contributed by atoms with van der Waals surface area (Å²) >= 11 is 6.84. The molecule has 0 aromatic heterocycles. The highest BCUT2D eigenvalue weighted by molar-refractivity contribution is 8.18. The van der Waals surface area contributed by atoms with E-state index in [1.807, 2.05) is 38.1 Å². The van der Waals surface area contributed by atoms with Gasteiger partial charge in [-0.25, -0.2) is 4.39 Å². The lowest BCUT2D eigenvalue weighted by Crippen LogP contribution is -2.28. The molecule has 2 amide bonds. The fraction of sp³-hybridized carbons (Fsp3) is 0.238. The summed E-state index contributed by atoms with van der Waals surface area (Å²) in [4.78, 5) is 26.2. The molecule has 0 aliphatic carbocycles. The number of benzene rings is 2. The van der Waals surface area contributed by atoms with Crippen molar-refractivity contribution < 1.29 is 18.7 Å². The Morgan fingerprint density at radius 1 is 1.21 bits per heavy atom. The number of thioether (sulfide) groups is 1. The molecule has 146 valence electrons. The van der Waals surface area contributed by atoms with E-state index < -0.39 is 17.0 Å². The zero-order chi connectivity index (χ0) is 20.3. The van der Waals surface area contributed by atoms with Crippen molar-refractivity contribution in [1.82, 2.24) is 4.90 Å². The molecule has 2 aromatic rings. The van der Waals surface area contributed by atoms with Crippen LogP contribution in [-0.4, -0.2) is 22.2 Å². The fourth-order valence-electron chi connectivity index (χ4n) is 2.59. The van der Waals surface area contributed by atoms with Gasteiger partial charge in [0.25, 0.3) is 11.1 Å². The largest absolute Gasteiger partial charge is 0.491 e. The van der Waals surface area contributed by atoms with Gasteiger partial charge in [0.05, 0.1) is 17.6 Å². The fourth-order valence-corrected chi connectivity index (χ4v) is 3.65. The quantitative estimate of drug-likeness (QED) is 0.547. The summed E-state index contributed by atoms with van der Waals surface area (Å²) in [6.07, 6.45) is 2.66. The van der Waals surface area contributed by atoms with Crippen LogP contribution < -0.4 is 4.74 Å². The van der Waals surface area contributed by atoms with Crippen LogP contribution in [0.1, 0.15) is 31.4 Å². The summed E-state index contributed by atoms with van der Waals surface area (Å²) < 4.78 is 19.7. The SMILES string of the molecule is CC[C@H](C)Oc1ccc(/C=C2\SC(=O)N(Cc3c(F)cccc3Cl)C2=O)cc1. The topological polar surface area (TPSA) is 46.6 Å². The van der Waals surface area contributed by atoms with Gasteiger partial charge in [-0.1, -0.05) is 36.7 Å². The molecule has 1 atom stereocenters. The van der Waals surface area contributed by atoms with Gasteiger partial charge in [0.1, 0.15) is 11.6 Å². The number of imide groups is 1. The number of carbonyl (C=O) groups is 2. The van der Waals surface area contributed by atoms with Crippen LogP contribution in [0.5, 0.6) is 5.75 Å². The zero-order valence-corrected chi connectivity index (χ0v) is 17.0. The van der Waals surface area contributed by atoms with E-state index in [9.17, 15) is 14.0 Å². The number of hydrogen-bond acceptors (Lipinski definition) is 4. The maximum Gasteiger partial charge on any atom is 0.293 e. The standard InChI is InChI=1S/C21H19ClFNO3S/c1-3-13(2)27-15-9-7-14(8-10-15)11-19-20(25)24(21(26)28-19)12-16-17(22)5-4-6-18(16)23/h4-11,13H,3,12H2,1-2H3/b19-11-/t13-/m0/s1. The number of ether oxygens (including phenoxy) is 1. The van der Waals surface area contributed by atoms with E-state index in [0.717, 1.165) is 34.4 Å². The molecule has 2 aromatic carbocycles. The number of hydrogen-bond donors (Lipinski definition) is 0. The van der Waals surface area contributed by atoms with E-state index in [2.05, 4.69) is 0 Å². The lowest BCUT2D eigenvalue weighted by molar-refractivity contribution is -0.123. The van der Waals surface area contributed by atoms with E-state index in [4.69, 9.17) is 16.3 Å². The molecule has 0 saturated carbocycles. The van der Waals surface area contributed by atoms with E-state index >= 15 is 0 Å². The number of nitrogens with zero attached hydrogens (tertiary/aromatic N) is 1. The number of rotatable bonds is 6. The first-order chi connectivity index (χ1) is 13.4. The van der Waals surface area contributed by atoms with Gasteiger partial charge in [0, 0.05) is 10.6 Å². The van der Waals surface area contributed by atoms with Gasteiger partial charge in [0.2, 0.25) is 0 Å². The van der Waals surface area contributed by atoms with Crippen LogP contribution >= 0.6 is 23.4 Å². The molecule has 28 heavy (non-hydrogen) atoms. The smallest absolute Gasteiger partial charge is 0.293 e. The zero-order valence-electron chi connectivity index (χ0n) is 15.4. The van der Waals surface area contributed by atoms with E-state index in [-0.39, 0.29) is 28.1 Å². The van der Waals surface area contributed by atoms with Crippen LogP contribution in [0, 0.1) is 5.82 Å². The van der Waals surface area contributed by atoms with Crippen LogP contribution in [0.15, 0.2) is 47.4 Å². The molecule has 0 spiro atoms. The first-order valence-corrected chi connectivity index (χ1v) is 10.0. The Bertz CT molecular complexity index is 909. The summed E-state index contributed by atoms with van der Waals surface area (Å²) in [6.45, 7) is 3.84. The lowest BCUT2D eigenvalue weighted by atomic mass is 10.2. The first-order valence-electron chi connectivity index (χ1n) is 8.84. The summed E-state index contributed by atoms with van der Waals surface area (Å²) in [6, 6.07) is 11.5. The molecular formula is C21H19ClFNO3S. The van der Waals surface area contributed by atoms with Crippen molar-refractivity contribution in [3.8, 4) is 5.75 Å². The molecular weight excluding hydrogens is 401 g/mol. The third kappa shape index (κ3) is 4.56. The molecule has 0 unspecified atom stereocenters. The van der Waals surface area contributed by atoms with Crippen molar-refractivity contribution in [3.63, 3.8) is 0 Å². The molecule has 1 heterocycles. The predicted molar refractivity (Wildman–Crippen MR) is 110 cm³/mol. The lowest BCUT2D eigenvalue weighted by Gasteiger charge is -2.14. The summed E-state index contributed by atoms with van der Waals surface area (Å²) in [5.41, 5.74) is 0.894. The highest BCUT2D eigenvalue weighted by Gasteiger charge is 2.35. The second-order valence-electron chi connectivity index (χ2n) is 6.37. The molecule has 7 heteroatoms. The minimum absolute atomic E-state index is 0.118. The van der Waals surface area contributed by atoms with Gasteiger partial charge in [0.15, 0.2) is 0 Å². The van der Waals surface area contributed by atoms with E-state index in [1.54, 1.807) is 6.08 Å². The number of carbonyl (C=O) groups excluding carboxylic acids is 2. The van der Waals surface area contributed by atoms with Crippen LogP contribution in [0.2, 0.25) is 5.02 Å². The maximum atomic E-state index is 14.0. The average Bonchev–Trinajstić information content (AvgIpc) is 2.93. The predicted octanol–water partition coefficient (Wildman–Crippen LogP) is 5.89. The van der Waals surface area contributed by atoms with Gasteiger partial charge in [-0.2, -0.15) is 0 Å². The van der Waals surface area contributed by atoms with Crippen molar-refractivity contribution in [3.05, 3.63) is 69.3 Å². The maximum absolute atomic E-state index is 14.0. The van der Waals surface area contributed by atoms with Crippen LogP contribution in [0.3, 0.4) is 0 Å². The molecule has 1 aliphatic rings. The van der Waals surface area contributed by atoms with Gasteiger partial charge in [-0.15, -0.1) is 0 Å². The molecule has 0 radical (unpaired) electrons. The monoisotopic (exact) mass is 419 g/mol. The number of amides is 2. The highest BCUT2D eigenvalue weighted by Crippen LogP contribution is 2.34. The summed E-state index contributed by atoms with van der Waals surface area (Å²) in [5, 5.41) is -0.271. The van der Waals surface area contributed by atoms with Crippen molar-refractivity contribution in [2.75, 3.05) is 0 Å². The van der Waals surface area contributed by atoms with Crippen LogP contribution in [0.25, 0.3) is 6.08 Å². The number of halogens is 2. The Kier molecular flexibility index (Phi) is 6.42. The average molecular weight is 420 g/mol. The van der Waals surface area contributed by atoms with E-state index in [1.165, 1.54) is 18.2 Å². The Morgan fingerprint density at radius 3 is 2.57 bits per heavy atom. The third-order valence-corrected chi connectivity index (χ3v) is 5.60. The molecule has 1 fully saturated rings. The minimum Gasteiger partial charge on any atom is -0.491 e. The molecule has 1 aliphatic heterocycles. The second kappa shape index (κ2) is 8.80. The van der Waals surface area contributed by atoms with E-state index in [0.29, 0.717) is 0 Å². The molecule has 3 rings (SSSR count). The summed E-state index contributed by atoms with van der Waals surface area (Å²) in [5.74, 6) is -0.268. The molecule has 4 nitrogen and oxygen atoms in total. The van der Waals surface area contributed by atoms with Crippen molar-refractivity contribution in [2.24, 2.45) is 0 Å². The Labute approximate surface area is 172 Å². The van der Waals surface area contributed by atoms with Gasteiger partial charge in [-0.3, -0.25) is 14.5 Å². The van der Waals surface area contributed by atoms with Crippen LogP contribution in [0.4, 0.5) is 9.18 Å². The van der Waals surface area contributed by atoms with Crippen molar-refractivity contribution in [2.45, 2.75) is 32.9 Å². The van der Waals surface area contributed by atoms with Crippen molar-refractivity contribution in [1.29, 1.82) is 0 Å². The Balaban J connectivity index is 1.76. The highest BCUT2D eigenvalue weighted by atomic mass is 35.5. The third-order valence-electron chi connectivity index (χ3n) is 4.34. The Morgan fingerprint density at radius 2 is 1.93 bits per heavy atom. The van der Waals surface area contributed by atoms with Crippen molar-refractivity contribution >= 4 is 40.6 Å². The first kappa shape index (κ1) is 20.4. The van der Waals surface area contributed by atoms with Gasteiger partial charge < -0.3 is 4.74 Å². The normalized spacial score (nSPS) is 16.7.